The molecule has 0 aromatic heterocycles. The van der Waals surface area contributed by atoms with Crippen LogP contribution in [0.4, 0.5) is 34.1 Å². The molecule has 8 rings (SSSR count). The van der Waals surface area contributed by atoms with Gasteiger partial charge in [-0.1, -0.05) is 175 Å². The summed E-state index contributed by atoms with van der Waals surface area (Å²) in [5.41, 5.74) is 18.9. The molecule has 2 heteroatoms. The van der Waals surface area contributed by atoms with Crippen LogP contribution in [0.15, 0.2) is 194 Å². The van der Waals surface area contributed by atoms with Crippen LogP contribution in [0.3, 0.4) is 0 Å². The summed E-state index contributed by atoms with van der Waals surface area (Å²) in [5.74, 6) is 0. The molecule has 0 aliphatic carbocycles. The SMILES string of the molecule is C.Cc1ccc(N(c2ccc(C)cc2)c2ccc(C=Cc3ccc(-c4ccc(C=Cc5ccc(N(c6ccc(C)cc6)c6ccc(C)cc6)cc5)cc4)cc3)cc2)cc1. The molecular formula is C57H52N2. The molecule has 0 amide bonds. The molecule has 0 bridgehead atoms. The van der Waals surface area contributed by atoms with Crippen LogP contribution in [0.2, 0.25) is 0 Å². The molecule has 59 heavy (non-hydrogen) atoms. The first-order valence-corrected chi connectivity index (χ1v) is 20.0. The number of nitrogens with zero attached hydrogens (tertiary/aromatic N) is 2. The molecule has 0 spiro atoms. The van der Waals surface area contributed by atoms with E-state index in [2.05, 4.69) is 256 Å². The highest BCUT2D eigenvalue weighted by atomic mass is 15.1. The van der Waals surface area contributed by atoms with E-state index in [0.29, 0.717) is 0 Å². The van der Waals surface area contributed by atoms with Gasteiger partial charge in [0.05, 0.1) is 0 Å². The number of benzene rings is 8. The predicted molar refractivity (Wildman–Crippen MR) is 258 cm³/mol. The molecule has 8 aromatic carbocycles. The zero-order chi connectivity index (χ0) is 39.8. The second kappa shape index (κ2) is 18.4. The zero-order valence-corrected chi connectivity index (χ0v) is 33.7. The molecule has 0 N–H and O–H groups in total. The van der Waals surface area contributed by atoms with Crippen molar-refractivity contribution >= 4 is 58.4 Å². The van der Waals surface area contributed by atoms with Crippen LogP contribution in [0.5, 0.6) is 0 Å². The number of rotatable bonds is 11. The highest BCUT2D eigenvalue weighted by Gasteiger charge is 2.13. The molecule has 0 aliphatic rings. The zero-order valence-electron chi connectivity index (χ0n) is 33.7. The van der Waals surface area contributed by atoms with E-state index in [4.69, 9.17) is 0 Å². The van der Waals surface area contributed by atoms with Gasteiger partial charge in [-0.3, -0.25) is 0 Å². The summed E-state index contributed by atoms with van der Waals surface area (Å²) in [6, 6.07) is 69.9. The third-order valence-electron chi connectivity index (χ3n) is 10.6. The first-order chi connectivity index (χ1) is 28.3. The van der Waals surface area contributed by atoms with Gasteiger partial charge < -0.3 is 9.80 Å². The molecule has 0 aliphatic heterocycles. The fourth-order valence-electron chi connectivity index (χ4n) is 7.10. The molecular weight excluding hydrogens is 713 g/mol. The fraction of sp³-hybridized carbons (Fsp3) is 0.0877. The first kappa shape index (κ1) is 40.1. The van der Waals surface area contributed by atoms with Crippen molar-refractivity contribution in [1.29, 1.82) is 0 Å². The summed E-state index contributed by atoms with van der Waals surface area (Å²) < 4.78 is 0. The van der Waals surface area contributed by atoms with Gasteiger partial charge in [0.2, 0.25) is 0 Å². The van der Waals surface area contributed by atoms with Crippen LogP contribution in [0, 0.1) is 27.7 Å². The Morgan fingerprint density at radius 2 is 0.407 bits per heavy atom. The van der Waals surface area contributed by atoms with Gasteiger partial charge in [-0.25, -0.2) is 0 Å². The van der Waals surface area contributed by atoms with Gasteiger partial charge in [-0.05, 0) is 134 Å². The maximum atomic E-state index is 2.31. The number of hydrogen-bond donors (Lipinski definition) is 0. The first-order valence-electron chi connectivity index (χ1n) is 20.0. The minimum atomic E-state index is 0. The molecule has 290 valence electrons. The van der Waals surface area contributed by atoms with Crippen LogP contribution < -0.4 is 9.80 Å². The van der Waals surface area contributed by atoms with Crippen molar-refractivity contribution in [2.75, 3.05) is 9.80 Å². The quantitative estimate of drug-likeness (QED) is 0.121. The molecule has 0 heterocycles. The van der Waals surface area contributed by atoms with E-state index in [1.54, 1.807) is 0 Å². The Kier molecular flexibility index (Phi) is 12.5. The average Bonchev–Trinajstić information content (AvgIpc) is 3.26. The maximum Gasteiger partial charge on any atom is 0.0462 e. The average molecular weight is 765 g/mol. The van der Waals surface area contributed by atoms with Gasteiger partial charge in [-0.2, -0.15) is 0 Å². The van der Waals surface area contributed by atoms with Gasteiger partial charge in [0.15, 0.2) is 0 Å². The van der Waals surface area contributed by atoms with Crippen LogP contribution in [0.25, 0.3) is 35.4 Å². The molecule has 2 nitrogen and oxygen atoms in total. The monoisotopic (exact) mass is 764 g/mol. The lowest BCUT2D eigenvalue weighted by Crippen LogP contribution is -2.09. The summed E-state index contributed by atoms with van der Waals surface area (Å²) in [7, 11) is 0. The minimum absolute atomic E-state index is 0. The summed E-state index contributed by atoms with van der Waals surface area (Å²) in [6.45, 7) is 8.50. The summed E-state index contributed by atoms with van der Waals surface area (Å²) in [5, 5.41) is 0. The van der Waals surface area contributed by atoms with E-state index in [0.717, 1.165) is 45.3 Å². The van der Waals surface area contributed by atoms with Crippen molar-refractivity contribution in [2.45, 2.75) is 35.1 Å². The van der Waals surface area contributed by atoms with Crippen LogP contribution in [-0.2, 0) is 0 Å². The Morgan fingerprint density at radius 1 is 0.237 bits per heavy atom. The summed E-state index contributed by atoms with van der Waals surface area (Å²) in [4.78, 5) is 4.61. The molecule has 0 saturated heterocycles. The highest BCUT2D eigenvalue weighted by molar-refractivity contribution is 5.80. The van der Waals surface area contributed by atoms with Gasteiger partial charge in [0.25, 0.3) is 0 Å². The molecule has 0 saturated carbocycles. The second-order valence-electron chi connectivity index (χ2n) is 15.1. The van der Waals surface area contributed by atoms with Crippen molar-refractivity contribution in [3.05, 3.63) is 239 Å². The van der Waals surface area contributed by atoms with E-state index in [9.17, 15) is 0 Å². The standard InChI is InChI=1S/C56H48N2.CH4/c1-41-5-29-51(30-6-41)57(52-31-7-42(2)8-32-52)55-37-21-47(22-38-55)15-13-45-17-25-49(26-18-45)50-27-19-46(20-28-50)14-16-48-23-39-56(40-24-48)58(53-33-9-43(3)10-34-53)54-35-11-44(4)12-36-54;/h5-40H,1-4H3;1H4. The largest absolute Gasteiger partial charge is 0.311 e. The number of anilines is 6. The Hall–Kier alpha value is -7.16. The number of hydrogen-bond acceptors (Lipinski definition) is 2. The van der Waals surface area contributed by atoms with Crippen LogP contribution >= 0.6 is 0 Å². The Morgan fingerprint density at radius 3 is 0.610 bits per heavy atom. The minimum Gasteiger partial charge on any atom is -0.311 e. The van der Waals surface area contributed by atoms with Gasteiger partial charge in [-0.15, -0.1) is 0 Å². The lowest BCUT2D eigenvalue weighted by Gasteiger charge is -2.25. The van der Waals surface area contributed by atoms with Gasteiger partial charge >= 0.3 is 0 Å². The van der Waals surface area contributed by atoms with Crippen molar-refractivity contribution in [2.24, 2.45) is 0 Å². The Bertz CT molecular complexity index is 2330. The van der Waals surface area contributed by atoms with Crippen molar-refractivity contribution in [3.63, 3.8) is 0 Å². The fourth-order valence-corrected chi connectivity index (χ4v) is 7.10. The molecule has 8 aromatic rings. The number of aryl methyl sites for hydroxylation is 4. The van der Waals surface area contributed by atoms with E-state index in [-0.39, 0.29) is 7.43 Å². The van der Waals surface area contributed by atoms with E-state index in [1.165, 1.54) is 44.5 Å². The van der Waals surface area contributed by atoms with Crippen molar-refractivity contribution in [1.82, 2.24) is 0 Å². The molecule has 0 fully saturated rings. The van der Waals surface area contributed by atoms with E-state index >= 15 is 0 Å². The highest BCUT2D eigenvalue weighted by Crippen LogP contribution is 2.36. The molecule has 0 unspecified atom stereocenters. The van der Waals surface area contributed by atoms with E-state index < -0.39 is 0 Å². The Labute approximate surface area is 351 Å². The predicted octanol–water partition coefficient (Wildman–Crippen LogP) is 16.5. The van der Waals surface area contributed by atoms with Crippen LogP contribution in [-0.4, -0.2) is 0 Å². The van der Waals surface area contributed by atoms with E-state index in [1.807, 2.05) is 0 Å². The van der Waals surface area contributed by atoms with Crippen LogP contribution in [0.1, 0.15) is 51.9 Å². The normalized spacial score (nSPS) is 11.1. The lowest BCUT2D eigenvalue weighted by atomic mass is 10.0. The topological polar surface area (TPSA) is 6.48 Å². The third-order valence-corrected chi connectivity index (χ3v) is 10.6. The van der Waals surface area contributed by atoms with Crippen molar-refractivity contribution in [3.8, 4) is 11.1 Å². The van der Waals surface area contributed by atoms with Gasteiger partial charge in [0, 0.05) is 34.1 Å². The molecule has 0 atom stereocenters. The second-order valence-corrected chi connectivity index (χ2v) is 15.1. The summed E-state index contributed by atoms with van der Waals surface area (Å²) >= 11 is 0. The smallest absolute Gasteiger partial charge is 0.0462 e. The third kappa shape index (κ3) is 9.87. The summed E-state index contributed by atoms with van der Waals surface area (Å²) in [6.07, 6.45) is 8.72. The lowest BCUT2D eigenvalue weighted by molar-refractivity contribution is 1.27. The molecule has 0 radical (unpaired) electrons. The van der Waals surface area contributed by atoms with Gasteiger partial charge in [0.1, 0.15) is 0 Å². The Balaban J connectivity index is 0.00000528. The van der Waals surface area contributed by atoms with Crippen molar-refractivity contribution < 1.29 is 0 Å². The maximum absolute atomic E-state index is 2.31.